The maximum atomic E-state index is 6.31. The molecule has 3 aliphatic heterocycles. The lowest BCUT2D eigenvalue weighted by Gasteiger charge is -2.50. The third-order valence-electron chi connectivity index (χ3n) is 5.71. The van der Waals surface area contributed by atoms with Gasteiger partial charge in [-0.25, -0.2) is 0 Å². The summed E-state index contributed by atoms with van der Waals surface area (Å²) in [5.41, 5.74) is 6.62. The van der Waals surface area contributed by atoms with Crippen molar-refractivity contribution in [2.75, 3.05) is 45.0 Å². The fraction of sp³-hybridized carbons (Fsp3) is 1.00. The Morgan fingerprint density at radius 1 is 1.16 bits per heavy atom. The Morgan fingerprint density at radius 2 is 2.00 bits per heavy atom. The lowest BCUT2D eigenvalue weighted by atomic mass is 9.77. The first-order valence-electron chi connectivity index (χ1n) is 7.87. The SMILES string of the molecule is CC1(C)CCN(C2(CN)CCN3CCC2C3)CCS1. The van der Waals surface area contributed by atoms with Crippen LogP contribution in [0.4, 0.5) is 0 Å². The van der Waals surface area contributed by atoms with E-state index in [4.69, 9.17) is 5.73 Å². The summed E-state index contributed by atoms with van der Waals surface area (Å²) in [5, 5.41) is 0. The standard InChI is InChI=1S/C15H29N3S/c1-14(2)4-8-18(9-10-19-14)15(12-16)5-7-17-6-3-13(15)11-17/h13H,3-12,16H2,1-2H3. The third kappa shape index (κ3) is 2.57. The van der Waals surface area contributed by atoms with Crippen LogP contribution in [0.3, 0.4) is 0 Å². The van der Waals surface area contributed by atoms with Gasteiger partial charge in [-0.15, -0.1) is 0 Å². The summed E-state index contributed by atoms with van der Waals surface area (Å²) in [6, 6.07) is 0. The van der Waals surface area contributed by atoms with E-state index in [1.54, 1.807) is 0 Å². The lowest BCUT2D eigenvalue weighted by Crippen LogP contribution is -2.62. The molecule has 2 bridgehead atoms. The number of piperidine rings is 1. The predicted octanol–water partition coefficient (Wildman–Crippen LogP) is 1.63. The number of thioether (sulfide) groups is 1. The van der Waals surface area contributed by atoms with Gasteiger partial charge in [-0.05, 0) is 38.3 Å². The number of fused-ring (bicyclic) bond motifs is 2. The molecule has 4 heteroatoms. The molecule has 0 spiro atoms. The zero-order valence-corrected chi connectivity index (χ0v) is 13.3. The van der Waals surface area contributed by atoms with Crippen molar-refractivity contribution in [1.82, 2.24) is 9.80 Å². The second kappa shape index (κ2) is 5.21. The molecule has 2 N–H and O–H groups in total. The summed E-state index contributed by atoms with van der Waals surface area (Å²) >= 11 is 2.14. The number of nitrogens with zero attached hydrogens (tertiary/aromatic N) is 2. The summed E-state index contributed by atoms with van der Waals surface area (Å²) in [7, 11) is 0. The van der Waals surface area contributed by atoms with Gasteiger partial charge in [0.15, 0.2) is 0 Å². The number of hydrogen-bond donors (Lipinski definition) is 1. The Morgan fingerprint density at radius 3 is 2.79 bits per heavy atom. The molecule has 3 nitrogen and oxygen atoms in total. The van der Waals surface area contributed by atoms with Crippen LogP contribution in [0, 0.1) is 5.92 Å². The van der Waals surface area contributed by atoms with Crippen LogP contribution in [-0.2, 0) is 0 Å². The van der Waals surface area contributed by atoms with E-state index in [0.29, 0.717) is 10.3 Å². The highest BCUT2D eigenvalue weighted by Gasteiger charge is 2.49. The minimum atomic E-state index is 0.313. The topological polar surface area (TPSA) is 32.5 Å². The first-order chi connectivity index (χ1) is 9.06. The van der Waals surface area contributed by atoms with Crippen molar-refractivity contribution in [3.8, 4) is 0 Å². The molecular weight excluding hydrogens is 254 g/mol. The van der Waals surface area contributed by atoms with E-state index in [9.17, 15) is 0 Å². The largest absolute Gasteiger partial charge is 0.329 e. The van der Waals surface area contributed by atoms with E-state index in [1.807, 2.05) is 0 Å². The first kappa shape index (κ1) is 14.2. The minimum absolute atomic E-state index is 0.313. The van der Waals surface area contributed by atoms with Gasteiger partial charge in [0, 0.05) is 42.2 Å². The summed E-state index contributed by atoms with van der Waals surface area (Å²) in [4.78, 5) is 5.41. The molecule has 0 amide bonds. The van der Waals surface area contributed by atoms with Gasteiger partial charge >= 0.3 is 0 Å². The zero-order chi connectivity index (χ0) is 13.5. The maximum Gasteiger partial charge on any atom is 0.0384 e. The molecule has 0 aliphatic carbocycles. The smallest absolute Gasteiger partial charge is 0.0384 e. The lowest BCUT2D eigenvalue weighted by molar-refractivity contribution is 0.0114. The Kier molecular flexibility index (Phi) is 3.89. The Labute approximate surface area is 122 Å². The van der Waals surface area contributed by atoms with Gasteiger partial charge in [0.1, 0.15) is 0 Å². The molecule has 3 fully saturated rings. The Bertz CT molecular complexity index is 333. The molecule has 3 unspecified atom stereocenters. The molecule has 3 saturated heterocycles. The highest BCUT2D eigenvalue weighted by molar-refractivity contribution is 8.00. The van der Waals surface area contributed by atoms with E-state index in [-0.39, 0.29) is 0 Å². The van der Waals surface area contributed by atoms with E-state index in [2.05, 4.69) is 35.4 Å². The van der Waals surface area contributed by atoms with Gasteiger partial charge in [-0.3, -0.25) is 4.90 Å². The molecule has 110 valence electrons. The maximum absolute atomic E-state index is 6.31. The Hall–Kier alpha value is 0.230. The molecule has 0 radical (unpaired) electrons. The van der Waals surface area contributed by atoms with Crippen molar-refractivity contribution in [3.05, 3.63) is 0 Å². The summed E-state index contributed by atoms with van der Waals surface area (Å²) < 4.78 is 0.445. The molecule has 0 saturated carbocycles. The van der Waals surface area contributed by atoms with Crippen LogP contribution >= 0.6 is 11.8 Å². The second-order valence-electron chi connectivity index (χ2n) is 7.19. The zero-order valence-electron chi connectivity index (χ0n) is 12.5. The number of hydrogen-bond acceptors (Lipinski definition) is 4. The summed E-state index contributed by atoms with van der Waals surface area (Å²) in [6.07, 6.45) is 3.96. The molecule has 0 aromatic heterocycles. The van der Waals surface area contributed by atoms with E-state index < -0.39 is 0 Å². The average Bonchev–Trinajstić information content (AvgIpc) is 2.69. The van der Waals surface area contributed by atoms with Gasteiger partial charge in [0.25, 0.3) is 0 Å². The van der Waals surface area contributed by atoms with Crippen molar-refractivity contribution < 1.29 is 0 Å². The van der Waals surface area contributed by atoms with Crippen LogP contribution in [0.25, 0.3) is 0 Å². The van der Waals surface area contributed by atoms with E-state index in [1.165, 1.54) is 57.7 Å². The van der Waals surface area contributed by atoms with Gasteiger partial charge < -0.3 is 10.6 Å². The molecule has 3 aliphatic rings. The van der Waals surface area contributed by atoms with Crippen LogP contribution in [0.2, 0.25) is 0 Å². The van der Waals surface area contributed by atoms with Crippen molar-refractivity contribution in [2.24, 2.45) is 11.7 Å². The average molecular weight is 283 g/mol. The molecule has 3 heterocycles. The van der Waals surface area contributed by atoms with Gasteiger partial charge in [0.2, 0.25) is 0 Å². The van der Waals surface area contributed by atoms with Crippen molar-refractivity contribution in [1.29, 1.82) is 0 Å². The van der Waals surface area contributed by atoms with Crippen molar-refractivity contribution >= 4 is 11.8 Å². The molecule has 0 aromatic carbocycles. The van der Waals surface area contributed by atoms with Crippen molar-refractivity contribution in [2.45, 2.75) is 43.4 Å². The summed E-state index contributed by atoms with van der Waals surface area (Å²) in [6.45, 7) is 12.0. The first-order valence-corrected chi connectivity index (χ1v) is 8.86. The number of rotatable bonds is 2. The highest BCUT2D eigenvalue weighted by Crippen LogP contribution is 2.41. The van der Waals surface area contributed by atoms with Crippen molar-refractivity contribution in [3.63, 3.8) is 0 Å². The third-order valence-corrected chi connectivity index (χ3v) is 7.09. The highest BCUT2D eigenvalue weighted by atomic mass is 32.2. The monoisotopic (exact) mass is 283 g/mol. The Balaban J connectivity index is 1.78. The fourth-order valence-corrected chi connectivity index (χ4v) is 5.41. The van der Waals surface area contributed by atoms with Gasteiger partial charge in [0.05, 0.1) is 0 Å². The van der Waals surface area contributed by atoms with Crippen LogP contribution in [0.5, 0.6) is 0 Å². The van der Waals surface area contributed by atoms with E-state index in [0.717, 1.165) is 12.5 Å². The normalized spacial score (nSPS) is 43.1. The summed E-state index contributed by atoms with van der Waals surface area (Å²) in [5.74, 6) is 2.09. The molecule has 19 heavy (non-hydrogen) atoms. The van der Waals surface area contributed by atoms with Crippen LogP contribution in [-0.4, -0.2) is 65.1 Å². The molecular formula is C15H29N3S. The number of nitrogens with two attached hydrogens (primary N) is 1. The van der Waals surface area contributed by atoms with Gasteiger partial charge in [-0.2, -0.15) is 11.8 Å². The molecule has 0 aromatic rings. The van der Waals surface area contributed by atoms with Crippen LogP contribution in [0.1, 0.15) is 33.1 Å². The van der Waals surface area contributed by atoms with Crippen LogP contribution < -0.4 is 5.73 Å². The minimum Gasteiger partial charge on any atom is -0.329 e. The van der Waals surface area contributed by atoms with E-state index >= 15 is 0 Å². The quantitative estimate of drug-likeness (QED) is 0.835. The molecule has 3 atom stereocenters. The second-order valence-corrected chi connectivity index (χ2v) is 8.99. The fourth-order valence-electron chi connectivity index (χ4n) is 4.31. The van der Waals surface area contributed by atoms with Crippen LogP contribution in [0.15, 0.2) is 0 Å². The van der Waals surface area contributed by atoms with Gasteiger partial charge in [-0.1, -0.05) is 13.8 Å². The predicted molar refractivity (Wildman–Crippen MR) is 83.7 cm³/mol. The molecule has 3 rings (SSSR count).